The molecule has 3 nitrogen and oxygen atoms in total. The van der Waals surface area contributed by atoms with Crippen molar-refractivity contribution < 1.29 is 0 Å². The van der Waals surface area contributed by atoms with Gasteiger partial charge >= 0.3 is 0 Å². The van der Waals surface area contributed by atoms with Gasteiger partial charge in [-0.15, -0.1) is 0 Å². The fourth-order valence-corrected chi connectivity index (χ4v) is 2.23. The van der Waals surface area contributed by atoms with Gasteiger partial charge in [0.25, 0.3) is 0 Å². The Morgan fingerprint density at radius 2 is 2.12 bits per heavy atom. The zero-order valence-electron chi connectivity index (χ0n) is 9.63. The van der Waals surface area contributed by atoms with E-state index in [0.29, 0.717) is 4.88 Å². The van der Waals surface area contributed by atoms with Gasteiger partial charge in [-0.3, -0.25) is 0 Å². The molecule has 0 spiro atoms. The van der Waals surface area contributed by atoms with Gasteiger partial charge in [0.15, 0.2) is 5.13 Å². The van der Waals surface area contributed by atoms with Crippen LogP contribution in [0.1, 0.15) is 10.4 Å². The van der Waals surface area contributed by atoms with E-state index >= 15 is 0 Å². The van der Waals surface area contributed by atoms with Crippen molar-refractivity contribution in [3.8, 4) is 6.07 Å². The molecule has 0 atom stereocenters. The molecule has 0 radical (unpaired) electrons. The second kappa shape index (κ2) is 5.46. The van der Waals surface area contributed by atoms with Gasteiger partial charge in [-0.05, 0) is 12.0 Å². The second-order valence-electron chi connectivity index (χ2n) is 3.78. The molecular formula is C13H13N3S. The highest BCUT2D eigenvalue weighted by molar-refractivity contribution is 7.16. The molecule has 0 aliphatic rings. The van der Waals surface area contributed by atoms with Crippen LogP contribution in [-0.4, -0.2) is 18.6 Å². The van der Waals surface area contributed by atoms with E-state index in [1.165, 1.54) is 16.9 Å². The number of thiazole rings is 1. The first-order chi connectivity index (χ1) is 8.29. The first-order valence-corrected chi connectivity index (χ1v) is 6.22. The molecule has 1 aromatic carbocycles. The Morgan fingerprint density at radius 1 is 1.35 bits per heavy atom. The molecular weight excluding hydrogens is 230 g/mol. The van der Waals surface area contributed by atoms with Gasteiger partial charge in [0.1, 0.15) is 10.9 Å². The fraction of sp³-hybridized carbons (Fsp3) is 0.231. The third-order valence-corrected chi connectivity index (χ3v) is 3.53. The zero-order chi connectivity index (χ0) is 12.1. The minimum atomic E-state index is 0.659. The van der Waals surface area contributed by atoms with Crippen molar-refractivity contribution in [2.75, 3.05) is 18.5 Å². The summed E-state index contributed by atoms with van der Waals surface area (Å²) in [4.78, 5) is 6.96. The van der Waals surface area contributed by atoms with E-state index in [2.05, 4.69) is 28.1 Å². The molecule has 0 saturated heterocycles. The van der Waals surface area contributed by atoms with Crippen LogP contribution in [0.3, 0.4) is 0 Å². The van der Waals surface area contributed by atoms with Crippen LogP contribution < -0.4 is 4.90 Å². The summed E-state index contributed by atoms with van der Waals surface area (Å²) in [5.41, 5.74) is 1.32. The van der Waals surface area contributed by atoms with Crippen LogP contribution in [0.4, 0.5) is 5.13 Å². The maximum Gasteiger partial charge on any atom is 0.186 e. The number of anilines is 1. The predicted molar refractivity (Wildman–Crippen MR) is 70.2 cm³/mol. The van der Waals surface area contributed by atoms with Gasteiger partial charge in [0, 0.05) is 13.6 Å². The Labute approximate surface area is 105 Å². The number of likely N-dealkylation sites (N-methyl/N-ethyl adjacent to an activating group) is 1. The van der Waals surface area contributed by atoms with Crippen LogP contribution in [0, 0.1) is 11.3 Å². The average molecular weight is 243 g/mol. The van der Waals surface area contributed by atoms with E-state index in [4.69, 9.17) is 5.26 Å². The molecule has 1 heterocycles. The topological polar surface area (TPSA) is 39.9 Å². The van der Waals surface area contributed by atoms with Gasteiger partial charge in [0.05, 0.1) is 6.20 Å². The highest BCUT2D eigenvalue weighted by atomic mass is 32.1. The quantitative estimate of drug-likeness (QED) is 0.829. The minimum Gasteiger partial charge on any atom is -0.351 e. The Morgan fingerprint density at radius 3 is 2.76 bits per heavy atom. The Bertz CT molecular complexity index is 513. The summed E-state index contributed by atoms with van der Waals surface area (Å²) >= 11 is 1.43. The predicted octanol–water partition coefficient (Wildman–Crippen LogP) is 2.69. The van der Waals surface area contributed by atoms with Gasteiger partial charge in [-0.25, -0.2) is 4.98 Å². The Kier molecular flexibility index (Phi) is 3.73. The maximum atomic E-state index is 8.74. The standard InChI is InChI=1S/C13H13N3S/c1-16(13-15-10-12(9-14)17-13)8-7-11-5-3-2-4-6-11/h2-6,10H,7-8H2,1H3. The summed E-state index contributed by atoms with van der Waals surface area (Å²) < 4.78 is 0. The van der Waals surface area contributed by atoms with Gasteiger partial charge < -0.3 is 4.90 Å². The van der Waals surface area contributed by atoms with Crippen molar-refractivity contribution in [2.24, 2.45) is 0 Å². The molecule has 0 amide bonds. The normalized spacial score (nSPS) is 9.88. The summed E-state index contributed by atoms with van der Waals surface area (Å²) in [6.07, 6.45) is 2.61. The number of nitrogens with zero attached hydrogens (tertiary/aromatic N) is 3. The molecule has 2 aromatic rings. The van der Waals surface area contributed by atoms with Crippen molar-refractivity contribution in [1.82, 2.24) is 4.98 Å². The molecule has 0 fully saturated rings. The summed E-state index contributed by atoms with van der Waals surface area (Å²) in [5, 5.41) is 9.64. The molecule has 0 N–H and O–H groups in total. The van der Waals surface area contributed by atoms with Gasteiger partial charge in [0.2, 0.25) is 0 Å². The van der Waals surface area contributed by atoms with Gasteiger partial charge in [-0.1, -0.05) is 41.7 Å². The molecule has 0 unspecified atom stereocenters. The molecule has 17 heavy (non-hydrogen) atoms. The van der Waals surface area contributed by atoms with Crippen LogP contribution in [0.25, 0.3) is 0 Å². The maximum absolute atomic E-state index is 8.74. The summed E-state index contributed by atoms with van der Waals surface area (Å²) in [6.45, 7) is 0.905. The average Bonchev–Trinajstić information content (AvgIpc) is 2.86. The highest BCUT2D eigenvalue weighted by Gasteiger charge is 2.06. The molecule has 0 aliphatic heterocycles. The number of aromatic nitrogens is 1. The van der Waals surface area contributed by atoms with E-state index in [-0.39, 0.29) is 0 Å². The first kappa shape index (κ1) is 11.6. The summed E-state index contributed by atoms with van der Waals surface area (Å²) in [5.74, 6) is 0. The Hall–Kier alpha value is -1.86. The summed E-state index contributed by atoms with van der Waals surface area (Å²) in [7, 11) is 2.00. The second-order valence-corrected chi connectivity index (χ2v) is 4.79. The van der Waals surface area contributed by atoms with E-state index < -0.39 is 0 Å². The molecule has 0 aliphatic carbocycles. The number of benzene rings is 1. The number of hydrogen-bond acceptors (Lipinski definition) is 4. The lowest BCUT2D eigenvalue weighted by Gasteiger charge is -2.15. The van der Waals surface area contributed by atoms with Crippen LogP contribution >= 0.6 is 11.3 Å². The van der Waals surface area contributed by atoms with E-state index in [0.717, 1.165) is 18.1 Å². The smallest absolute Gasteiger partial charge is 0.186 e. The fourth-order valence-electron chi connectivity index (χ4n) is 1.53. The van der Waals surface area contributed by atoms with E-state index in [9.17, 15) is 0 Å². The van der Waals surface area contributed by atoms with Crippen LogP contribution in [0.15, 0.2) is 36.5 Å². The van der Waals surface area contributed by atoms with Crippen molar-refractivity contribution in [1.29, 1.82) is 5.26 Å². The van der Waals surface area contributed by atoms with Crippen LogP contribution in [0.2, 0.25) is 0 Å². The molecule has 86 valence electrons. The van der Waals surface area contributed by atoms with Crippen molar-refractivity contribution in [3.63, 3.8) is 0 Å². The lowest BCUT2D eigenvalue weighted by molar-refractivity contribution is 0.871. The van der Waals surface area contributed by atoms with Crippen molar-refractivity contribution in [2.45, 2.75) is 6.42 Å². The van der Waals surface area contributed by atoms with E-state index in [1.54, 1.807) is 6.20 Å². The zero-order valence-corrected chi connectivity index (χ0v) is 10.4. The minimum absolute atomic E-state index is 0.659. The van der Waals surface area contributed by atoms with Crippen molar-refractivity contribution >= 4 is 16.5 Å². The lowest BCUT2D eigenvalue weighted by Crippen LogP contribution is -2.19. The molecule has 2 rings (SSSR count). The highest BCUT2D eigenvalue weighted by Crippen LogP contribution is 2.20. The van der Waals surface area contributed by atoms with Crippen LogP contribution in [-0.2, 0) is 6.42 Å². The third kappa shape index (κ3) is 3.05. The van der Waals surface area contributed by atoms with Crippen molar-refractivity contribution in [3.05, 3.63) is 47.0 Å². The summed E-state index contributed by atoms with van der Waals surface area (Å²) in [6, 6.07) is 12.5. The number of hydrogen-bond donors (Lipinski definition) is 0. The largest absolute Gasteiger partial charge is 0.351 e. The number of nitriles is 1. The van der Waals surface area contributed by atoms with Crippen LogP contribution in [0.5, 0.6) is 0 Å². The SMILES string of the molecule is CN(CCc1ccccc1)c1ncc(C#N)s1. The lowest BCUT2D eigenvalue weighted by atomic mass is 10.1. The van der Waals surface area contributed by atoms with Gasteiger partial charge in [-0.2, -0.15) is 5.26 Å². The molecule has 4 heteroatoms. The number of rotatable bonds is 4. The molecule has 0 saturated carbocycles. The molecule has 0 bridgehead atoms. The third-order valence-electron chi connectivity index (χ3n) is 2.51. The first-order valence-electron chi connectivity index (χ1n) is 5.40. The molecule has 1 aromatic heterocycles. The van der Waals surface area contributed by atoms with E-state index in [1.807, 2.05) is 25.2 Å². The monoisotopic (exact) mass is 243 g/mol. The Balaban J connectivity index is 1.94.